The summed E-state index contributed by atoms with van der Waals surface area (Å²) in [5.74, 6) is -2.10. The van der Waals surface area contributed by atoms with Gasteiger partial charge in [0.2, 0.25) is 17.7 Å². The molecule has 198 valence electrons. The summed E-state index contributed by atoms with van der Waals surface area (Å²) in [5, 5.41) is 0. The van der Waals surface area contributed by atoms with Crippen LogP contribution in [0.4, 0.5) is 0 Å². The van der Waals surface area contributed by atoms with Crippen molar-refractivity contribution in [1.29, 1.82) is 0 Å². The monoisotopic (exact) mass is 528 g/mol. The molecule has 1 aromatic heterocycles. The maximum Gasteiger partial charge on any atom is 0.345 e. The van der Waals surface area contributed by atoms with Gasteiger partial charge >= 0.3 is 17.1 Å². The highest BCUT2D eigenvalue weighted by Gasteiger charge is 2.23. The van der Waals surface area contributed by atoms with Gasteiger partial charge in [-0.1, -0.05) is 0 Å². The molecule has 12 nitrogen and oxygen atoms in total. The smallest absolute Gasteiger partial charge is 0.345 e. The molecule has 6 N–H and O–H groups in total. The SMILES string of the molecule is Cc1cc(C(N)=O)ccc1-n1c(=O)n(-c2ccc(C(N)=O)cc2C)c(=O)n(-c2ccc(C(N)=O)cc2C)c1=O. The topological polar surface area (TPSA) is 195 Å². The number of primary amides is 3. The van der Waals surface area contributed by atoms with E-state index in [1.165, 1.54) is 54.6 Å². The Morgan fingerprint density at radius 1 is 0.487 bits per heavy atom. The van der Waals surface area contributed by atoms with Gasteiger partial charge in [0.15, 0.2) is 0 Å². The highest BCUT2D eigenvalue weighted by Crippen LogP contribution is 2.17. The highest BCUT2D eigenvalue weighted by atomic mass is 16.2. The zero-order valence-corrected chi connectivity index (χ0v) is 21.2. The first-order chi connectivity index (χ1) is 18.3. The van der Waals surface area contributed by atoms with Gasteiger partial charge in [-0.25, -0.2) is 28.1 Å². The van der Waals surface area contributed by atoms with Crippen molar-refractivity contribution in [3.63, 3.8) is 0 Å². The molecule has 0 saturated heterocycles. The van der Waals surface area contributed by atoms with Crippen molar-refractivity contribution in [1.82, 2.24) is 13.7 Å². The number of hydrogen-bond acceptors (Lipinski definition) is 6. The second-order valence-corrected chi connectivity index (χ2v) is 8.95. The van der Waals surface area contributed by atoms with Crippen molar-refractivity contribution in [2.24, 2.45) is 17.2 Å². The summed E-state index contributed by atoms with van der Waals surface area (Å²) in [6.45, 7) is 4.73. The minimum absolute atomic E-state index is 0.107. The zero-order chi connectivity index (χ0) is 28.8. The lowest BCUT2D eigenvalue weighted by atomic mass is 10.1. The van der Waals surface area contributed by atoms with Crippen LogP contribution in [0.5, 0.6) is 0 Å². The predicted molar refractivity (Wildman–Crippen MR) is 143 cm³/mol. The fourth-order valence-corrected chi connectivity index (χ4v) is 4.34. The molecule has 4 rings (SSSR count). The molecule has 0 fully saturated rings. The number of amides is 3. The van der Waals surface area contributed by atoms with E-state index in [9.17, 15) is 28.8 Å². The van der Waals surface area contributed by atoms with Gasteiger partial charge in [-0.2, -0.15) is 0 Å². The first-order valence-corrected chi connectivity index (χ1v) is 11.6. The summed E-state index contributed by atoms with van der Waals surface area (Å²) in [6.07, 6.45) is 0. The van der Waals surface area contributed by atoms with Crippen LogP contribution in [-0.4, -0.2) is 31.4 Å². The Morgan fingerprint density at radius 3 is 0.897 bits per heavy atom. The Hall–Kier alpha value is -5.52. The van der Waals surface area contributed by atoms with E-state index in [0.717, 1.165) is 13.7 Å². The zero-order valence-electron chi connectivity index (χ0n) is 21.2. The normalized spacial score (nSPS) is 10.8. The van der Waals surface area contributed by atoms with E-state index in [4.69, 9.17) is 17.2 Å². The maximum absolute atomic E-state index is 13.8. The highest BCUT2D eigenvalue weighted by molar-refractivity contribution is 5.94. The molecule has 0 aliphatic heterocycles. The molecule has 0 spiro atoms. The summed E-state index contributed by atoms with van der Waals surface area (Å²) >= 11 is 0. The van der Waals surface area contributed by atoms with E-state index in [1.54, 1.807) is 20.8 Å². The third-order valence-corrected chi connectivity index (χ3v) is 6.31. The first kappa shape index (κ1) is 26.5. The van der Waals surface area contributed by atoms with Crippen LogP contribution in [0.3, 0.4) is 0 Å². The number of carbonyl (C=O) groups excluding carboxylic acids is 3. The molecule has 39 heavy (non-hydrogen) atoms. The molecule has 0 aliphatic rings. The number of benzene rings is 3. The molecular formula is C27H24N6O6. The van der Waals surface area contributed by atoms with Gasteiger partial charge in [-0.15, -0.1) is 0 Å². The largest absolute Gasteiger partial charge is 0.366 e. The van der Waals surface area contributed by atoms with Crippen molar-refractivity contribution in [2.45, 2.75) is 20.8 Å². The van der Waals surface area contributed by atoms with Gasteiger partial charge in [-0.05, 0) is 92.1 Å². The van der Waals surface area contributed by atoms with Crippen molar-refractivity contribution < 1.29 is 14.4 Å². The molecule has 0 unspecified atom stereocenters. The molecule has 3 amide bonds. The van der Waals surface area contributed by atoms with E-state index in [1.807, 2.05) is 0 Å². The molecule has 0 saturated carbocycles. The number of nitrogens with two attached hydrogens (primary N) is 3. The van der Waals surface area contributed by atoms with E-state index >= 15 is 0 Å². The van der Waals surface area contributed by atoms with Gasteiger partial charge < -0.3 is 17.2 Å². The van der Waals surface area contributed by atoms with Crippen LogP contribution in [0.25, 0.3) is 17.1 Å². The Morgan fingerprint density at radius 2 is 0.718 bits per heavy atom. The fraction of sp³-hybridized carbons (Fsp3) is 0.111. The van der Waals surface area contributed by atoms with E-state index in [0.29, 0.717) is 16.7 Å². The van der Waals surface area contributed by atoms with Gasteiger partial charge in [0, 0.05) is 16.7 Å². The number of carbonyl (C=O) groups is 3. The minimum atomic E-state index is -0.988. The van der Waals surface area contributed by atoms with Crippen LogP contribution in [0.1, 0.15) is 47.8 Å². The lowest BCUT2D eigenvalue weighted by Gasteiger charge is -2.18. The Balaban J connectivity index is 2.17. The van der Waals surface area contributed by atoms with Gasteiger partial charge in [0.25, 0.3) is 0 Å². The third-order valence-electron chi connectivity index (χ3n) is 6.31. The second kappa shape index (κ2) is 9.74. The molecule has 3 aromatic carbocycles. The minimum Gasteiger partial charge on any atom is -0.366 e. The quantitative estimate of drug-likeness (QED) is 0.323. The predicted octanol–water partition coefficient (Wildman–Crippen LogP) is 0.361. The van der Waals surface area contributed by atoms with E-state index in [2.05, 4.69) is 0 Å². The van der Waals surface area contributed by atoms with E-state index in [-0.39, 0.29) is 33.8 Å². The van der Waals surface area contributed by atoms with Crippen molar-refractivity contribution in [2.75, 3.05) is 0 Å². The average molecular weight is 529 g/mol. The van der Waals surface area contributed by atoms with Crippen LogP contribution in [0.15, 0.2) is 69.0 Å². The lowest BCUT2D eigenvalue weighted by Crippen LogP contribution is -2.53. The van der Waals surface area contributed by atoms with Crippen LogP contribution < -0.4 is 34.3 Å². The first-order valence-electron chi connectivity index (χ1n) is 11.6. The number of rotatable bonds is 6. The maximum atomic E-state index is 13.8. The Kier molecular flexibility index (Phi) is 6.63. The summed E-state index contributed by atoms with van der Waals surface area (Å²) < 4.78 is 2.39. The molecule has 12 heteroatoms. The molecule has 1 heterocycles. The van der Waals surface area contributed by atoms with Crippen LogP contribution in [-0.2, 0) is 0 Å². The average Bonchev–Trinajstić information content (AvgIpc) is 2.86. The van der Waals surface area contributed by atoms with Crippen LogP contribution in [0.2, 0.25) is 0 Å². The number of aromatic nitrogens is 3. The molecule has 0 aliphatic carbocycles. The molecular weight excluding hydrogens is 504 g/mol. The number of aryl methyl sites for hydroxylation is 3. The Labute approximate surface area is 220 Å². The number of hydrogen-bond donors (Lipinski definition) is 3. The van der Waals surface area contributed by atoms with E-state index < -0.39 is 34.8 Å². The van der Waals surface area contributed by atoms with Crippen molar-refractivity contribution >= 4 is 17.7 Å². The fourth-order valence-electron chi connectivity index (χ4n) is 4.34. The molecule has 0 radical (unpaired) electrons. The third kappa shape index (κ3) is 4.55. The standard InChI is InChI=1S/C27H24N6O6/c1-13-10-16(22(28)34)4-7-19(13)31-25(37)32(20-8-5-17(23(29)35)11-14(20)2)27(39)33(26(31)38)21-9-6-18(24(30)36)12-15(21)3/h4-12H,1-3H3,(H2,28,34)(H2,29,35)(H2,30,36). The summed E-state index contributed by atoms with van der Waals surface area (Å²) in [5.41, 5.74) is 15.0. The van der Waals surface area contributed by atoms with Gasteiger partial charge in [0.05, 0.1) is 17.1 Å². The summed E-state index contributed by atoms with van der Waals surface area (Å²) in [6, 6.07) is 12.5. The van der Waals surface area contributed by atoms with Crippen molar-refractivity contribution in [3.8, 4) is 17.1 Å². The lowest BCUT2D eigenvalue weighted by molar-refractivity contribution is 0.0992. The molecule has 4 aromatic rings. The Bertz CT molecular complexity index is 1650. The summed E-state index contributed by atoms with van der Waals surface area (Å²) in [4.78, 5) is 76.5. The molecule has 0 atom stereocenters. The summed E-state index contributed by atoms with van der Waals surface area (Å²) in [7, 11) is 0. The van der Waals surface area contributed by atoms with Crippen LogP contribution >= 0.6 is 0 Å². The van der Waals surface area contributed by atoms with Gasteiger partial charge in [0.1, 0.15) is 0 Å². The van der Waals surface area contributed by atoms with Crippen LogP contribution in [0, 0.1) is 20.8 Å². The number of nitrogens with zero attached hydrogens (tertiary/aromatic N) is 3. The second-order valence-electron chi connectivity index (χ2n) is 8.95. The van der Waals surface area contributed by atoms with Crippen molar-refractivity contribution in [3.05, 3.63) is 119 Å². The van der Waals surface area contributed by atoms with Gasteiger partial charge in [-0.3, -0.25) is 14.4 Å². The molecule has 0 bridgehead atoms.